The van der Waals surface area contributed by atoms with Crippen molar-refractivity contribution in [1.29, 1.82) is 0 Å². The molecule has 0 bridgehead atoms. The summed E-state index contributed by atoms with van der Waals surface area (Å²) in [5, 5.41) is 6.74. The van der Waals surface area contributed by atoms with Gasteiger partial charge in [0.1, 0.15) is 6.54 Å². The van der Waals surface area contributed by atoms with E-state index < -0.39 is 12.0 Å². The largest absolute Gasteiger partial charge is 0.465 e. The molecular weight excluding hydrogens is 318 g/mol. The van der Waals surface area contributed by atoms with Gasteiger partial charge in [0.25, 0.3) is 0 Å². The molecule has 0 unspecified atom stereocenters. The summed E-state index contributed by atoms with van der Waals surface area (Å²) in [5.74, 6) is -0.446. The molecule has 25 heavy (non-hydrogen) atoms. The molecule has 1 N–H and O–H groups in total. The molecule has 1 amide bonds. The van der Waals surface area contributed by atoms with Gasteiger partial charge in [-0.2, -0.15) is 9.78 Å². The summed E-state index contributed by atoms with van der Waals surface area (Å²) in [6.45, 7) is 4.14. The predicted octanol–water partition coefficient (Wildman–Crippen LogP) is 4.08. The fourth-order valence-corrected chi connectivity index (χ4v) is 2.67. The Hall–Kier alpha value is -1.85. The standard InChI is InChI=1S/C19H33N3O3/c1-3-5-6-7-8-9-10-11-12-13-17-14-15-22(21-17)19(24)20-16-18(23)25-4-2/h14-15H,3-13,16H2,1-2H3,(H,20,24). The van der Waals surface area contributed by atoms with Crippen molar-refractivity contribution in [2.24, 2.45) is 0 Å². The number of ether oxygens (including phenoxy) is 1. The second-order valence-electron chi connectivity index (χ2n) is 6.29. The number of carbonyl (C=O) groups excluding carboxylic acids is 2. The zero-order chi connectivity index (χ0) is 18.3. The molecule has 1 rings (SSSR count). The van der Waals surface area contributed by atoms with Crippen molar-refractivity contribution in [3.63, 3.8) is 0 Å². The molecule has 0 atom stereocenters. The first-order valence-corrected chi connectivity index (χ1v) is 9.65. The van der Waals surface area contributed by atoms with Gasteiger partial charge < -0.3 is 10.1 Å². The topological polar surface area (TPSA) is 73.2 Å². The van der Waals surface area contributed by atoms with Crippen molar-refractivity contribution in [1.82, 2.24) is 15.1 Å². The number of nitrogens with one attached hydrogen (secondary N) is 1. The third-order valence-electron chi connectivity index (χ3n) is 4.08. The van der Waals surface area contributed by atoms with Crippen LogP contribution in [0.2, 0.25) is 0 Å². The Morgan fingerprint density at radius 2 is 1.68 bits per heavy atom. The lowest BCUT2D eigenvalue weighted by molar-refractivity contribution is -0.141. The molecule has 1 aromatic rings. The Bertz CT molecular complexity index is 500. The van der Waals surface area contributed by atoms with Crippen molar-refractivity contribution in [3.8, 4) is 0 Å². The predicted molar refractivity (Wildman–Crippen MR) is 98.6 cm³/mol. The molecule has 0 radical (unpaired) electrons. The number of rotatable bonds is 13. The SMILES string of the molecule is CCCCCCCCCCCc1ccn(C(=O)NCC(=O)OCC)n1. The lowest BCUT2D eigenvalue weighted by atomic mass is 10.1. The first-order chi connectivity index (χ1) is 12.2. The Kier molecular flexibility index (Phi) is 11.4. The highest BCUT2D eigenvalue weighted by Gasteiger charge is 2.09. The zero-order valence-corrected chi connectivity index (χ0v) is 15.8. The number of hydrogen-bond donors (Lipinski definition) is 1. The van der Waals surface area contributed by atoms with Gasteiger partial charge in [0.15, 0.2) is 0 Å². The van der Waals surface area contributed by atoms with Crippen LogP contribution < -0.4 is 5.32 Å². The average Bonchev–Trinajstić information content (AvgIpc) is 3.07. The normalized spacial score (nSPS) is 10.6. The van der Waals surface area contributed by atoms with E-state index >= 15 is 0 Å². The highest BCUT2D eigenvalue weighted by Crippen LogP contribution is 2.11. The van der Waals surface area contributed by atoms with Gasteiger partial charge in [-0.05, 0) is 25.8 Å². The van der Waals surface area contributed by atoms with E-state index in [1.807, 2.05) is 6.07 Å². The van der Waals surface area contributed by atoms with Crippen LogP contribution in [0.25, 0.3) is 0 Å². The van der Waals surface area contributed by atoms with Gasteiger partial charge in [-0.3, -0.25) is 4.79 Å². The summed E-state index contributed by atoms with van der Waals surface area (Å²) in [5.41, 5.74) is 0.911. The molecule has 0 saturated carbocycles. The van der Waals surface area contributed by atoms with Gasteiger partial charge >= 0.3 is 12.0 Å². The van der Waals surface area contributed by atoms with Crippen molar-refractivity contribution in [2.45, 2.75) is 78.1 Å². The molecule has 0 aliphatic rings. The lowest BCUT2D eigenvalue weighted by Crippen LogP contribution is -2.34. The maximum atomic E-state index is 11.9. The van der Waals surface area contributed by atoms with Crippen LogP contribution in [0.1, 0.15) is 77.3 Å². The van der Waals surface area contributed by atoms with Crippen LogP contribution in [0, 0.1) is 0 Å². The molecule has 0 aliphatic carbocycles. The second-order valence-corrected chi connectivity index (χ2v) is 6.29. The summed E-state index contributed by atoms with van der Waals surface area (Å²) in [6, 6.07) is 1.45. The van der Waals surface area contributed by atoms with Gasteiger partial charge in [-0.15, -0.1) is 0 Å². The summed E-state index contributed by atoms with van der Waals surface area (Å²) in [6.07, 6.45) is 14.1. The molecule has 0 fully saturated rings. The molecule has 6 heteroatoms. The number of aromatic nitrogens is 2. The van der Waals surface area contributed by atoms with E-state index in [9.17, 15) is 9.59 Å². The van der Waals surface area contributed by atoms with Crippen molar-refractivity contribution < 1.29 is 14.3 Å². The number of carbonyl (C=O) groups is 2. The van der Waals surface area contributed by atoms with Crippen LogP contribution in [0.3, 0.4) is 0 Å². The third-order valence-corrected chi connectivity index (χ3v) is 4.08. The number of nitrogens with zero attached hydrogens (tertiary/aromatic N) is 2. The Labute approximate surface area is 151 Å². The molecule has 0 saturated heterocycles. The Morgan fingerprint density at radius 3 is 2.32 bits per heavy atom. The molecular formula is C19H33N3O3. The van der Waals surface area contributed by atoms with Crippen molar-refractivity contribution in [3.05, 3.63) is 18.0 Å². The minimum Gasteiger partial charge on any atom is -0.465 e. The molecule has 1 aromatic heterocycles. The first kappa shape index (κ1) is 21.2. The first-order valence-electron chi connectivity index (χ1n) is 9.65. The minimum atomic E-state index is -0.446. The highest BCUT2D eigenvalue weighted by atomic mass is 16.5. The lowest BCUT2D eigenvalue weighted by Gasteiger charge is -2.04. The van der Waals surface area contributed by atoms with E-state index in [-0.39, 0.29) is 6.54 Å². The quantitative estimate of drug-likeness (QED) is 0.429. The van der Waals surface area contributed by atoms with E-state index in [0.717, 1.165) is 18.5 Å². The van der Waals surface area contributed by atoms with E-state index in [1.54, 1.807) is 13.1 Å². The summed E-state index contributed by atoms with van der Waals surface area (Å²) >= 11 is 0. The van der Waals surface area contributed by atoms with Crippen molar-refractivity contribution in [2.75, 3.05) is 13.2 Å². The van der Waals surface area contributed by atoms with Crippen LogP contribution in [-0.2, 0) is 16.0 Å². The van der Waals surface area contributed by atoms with Crippen LogP contribution in [0.15, 0.2) is 12.3 Å². The number of esters is 1. The van der Waals surface area contributed by atoms with Gasteiger partial charge in [0.2, 0.25) is 0 Å². The van der Waals surface area contributed by atoms with Crippen molar-refractivity contribution >= 4 is 12.0 Å². The number of aryl methyl sites for hydroxylation is 1. The zero-order valence-electron chi connectivity index (χ0n) is 15.8. The molecule has 6 nitrogen and oxygen atoms in total. The molecule has 0 aliphatic heterocycles. The van der Waals surface area contributed by atoms with Gasteiger partial charge in [-0.25, -0.2) is 4.79 Å². The number of unbranched alkanes of at least 4 members (excludes halogenated alkanes) is 8. The van der Waals surface area contributed by atoms with E-state index in [4.69, 9.17) is 4.74 Å². The molecule has 142 valence electrons. The third kappa shape index (κ3) is 9.89. The maximum Gasteiger partial charge on any atom is 0.342 e. The Balaban J connectivity index is 2.12. The Morgan fingerprint density at radius 1 is 1.04 bits per heavy atom. The number of hydrogen-bond acceptors (Lipinski definition) is 4. The minimum absolute atomic E-state index is 0.139. The summed E-state index contributed by atoms with van der Waals surface area (Å²) in [4.78, 5) is 23.1. The monoisotopic (exact) mass is 351 g/mol. The molecule has 0 aromatic carbocycles. The summed E-state index contributed by atoms with van der Waals surface area (Å²) < 4.78 is 6.00. The smallest absolute Gasteiger partial charge is 0.342 e. The van der Waals surface area contributed by atoms with Gasteiger partial charge in [-0.1, -0.05) is 58.3 Å². The fourth-order valence-electron chi connectivity index (χ4n) is 2.67. The van der Waals surface area contributed by atoms with Crippen LogP contribution in [0.4, 0.5) is 4.79 Å². The van der Waals surface area contributed by atoms with Gasteiger partial charge in [0, 0.05) is 6.20 Å². The van der Waals surface area contributed by atoms with Crippen LogP contribution >= 0.6 is 0 Å². The number of amides is 1. The average molecular weight is 351 g/mol. The summed E-state index contributed by atoms with van der Waals surface area (Å²) in [7, 11) is 0. The van der Waals surface area contributed by atoms with Gasteiger partial charge in [0.05, 0.1) is 12.3 Å². The van der Waals surface area contributed by atoms with E-state index in [0.29, 0.717) is 6.61 Å². The molecule has 0 spiro atoms. The molecule has 1 heterocycles. The van der Waals surface area contributed by atoms with Crippen LogP contribution in [0.5, 0.6) is 0 Å². The van der Waals surface area contributed by atoms with E-state index in [1.165, 1.54) is 56.0 Å². The van der Waals surface area contributed by atoms with Crippen LogP contribution in [-0.4, -0.2) is 34.9 Å². The maximum absolute atomic E-state index is 11.9. The van der Waals surface area contributed by atoms with E-state index in [2.05, 4.69) is 17.3 Å². The highest BCUT2D eigenvalue weighted by molar-refractivity contribution is 5.81. The second kappa shape index (κ2) is 13.4. The fraction of sp³-hybridized carbons (Fsp3) is 0.737.